The summed E-state index contributed by atoms with van der Waals surface area (Å²) in [5.41, 5.74) is 1.74. The maximum Gasteiger partial charge on any atom is 0.261 e. The molecule has 0 aliphatic heterocycles. The SMILES string of the molecule is Cc1cc(S(=O)(=O)Cl)ccc1OCc1cccc(Br)c1. The Balaban J connectivity index is 2.15. The van der Waals surface area contributed by atoms with Crippen LogP contribution in [0.4, 0.5) is 0 Å². The van der Waals surface area contributed by atoms with Gasteiger partial charge in [0.1, 0.15) is 12.4 Å². The summed E-state index contributed by atoms with van der Waals surface area (Å²) in [5, 5.41) is 0. The standard InChI is InChI=1S/C14H12BrClO3S/c1-10-7-13(20(16,17)18)5-6-14(10)19-9-11-3-2-4-12(15)8-11/h2-8H,9H2,1H3. The fraction of sp³-hybridized carbons (Fsp3) is 0.143. The van der Waals surface area contributed by atoms with Crippen molar-refractivity contribution in [3.05, 3.63) is 58.1 Å². The Morgan fingerprint density at radius 3 is 2.55 bits per heavy atom. The molecule has 0 fully saturated rings. The van der Waals surface area contributed by atoms with Crippen LogP contribution in [0.3, 0.4) is 0 Å². The number of hydrogen-bond donors (Lipinski definition) is 0. The highest BCUT2D eigenvalue weighted by Gasteiger charge is 2.11. The lowest BCUT2D eigenvalue weighted by molar-refractivity contribution is 0.304. The lowest BCUT2D eigenvalue weighted by Crippen LogP contribution is -1.98. The molecule has 0 aromatic heterocycles. The van der Waals surface area contributed by atoms with Gasteiger partial charge in [-0.15, -0.1) is 0 Å². The molecule has 0 unspecified atom stereocenters. The summed E-state index contributed by atoms with van der Waals surface area (Å²) in [6.07, 6.45) is 0. The second-order valence-corrected chi connectivity index (χ2v) is 7.77. The van der Waals surface area contributed by atoms with E-state index in [1.54, 1.807) is 13.0 Å². The van der Waals surface area contributed by atoms with Gasteiger partial charge in [-0.25, -0.2) is 8.42 Å². The van der Waals surface area contributed by atoms with Gasteiger partial charge in [-0.05, 0) is 48.4 Å². The number of hydrogen-bond acceptors (Lipinski definition) is 3. The van der Waals surface area contributed by atoms with Gasteiger partial charge in [-0.1, -0.05) is 28.1 Å². The van der Waals surface area contributed by atoms with Crippen LogP contribution < -0.4 is 4.74 Å². The molecule has 6 heteroatoms. The summed E-state index contributed by atoms with van der Waals surface area (Å²) >= 11 is 3.40. The third-order valence-electron chi connectivity index (χ3n) is 2.71. The second-order valence-electron chi connectivity index (χ2n) is 4.28. The molecule has 2 rings (SSSR count). The van der Waals surface area contributed by atoms with Gasteiger partial charge in [0.05, 0.1) is 4.90 Å². The van der Waals surface area contributed by atoms with Crippen LogP contribution in [-0.2, 0) is 15.7 Å². The highest BCUT2D eigenvalue weighted by atomic mass is 79.9. The van der Waals surface area contributed by atoms with Crippen molar-refractivity contribution in [3.63, 3.8) is 0 Å². The van der Waals surface area contributed by atoms with Crippen molar-refractivity contribution >= 4 is 35.7 Å². The van der Waals surface area contributed by atoms with Gasteiger partial charge < -0.3 is 4.74 Å². The topological polar surface area (TPSA) is 43.4 Å². The average Bonchev–Trinajstić information content (AvgIpc) is 2.36. The fourth-order valence-corrected chi connectivity index (χ4v) is 3.01. The predicted octanol–water partition coefficient (Wildman–Crippen LogP) is 4.26. The highest BCUT2D eigenvalue weighted by Crippen LogP contribution is 2.24. The molecule has 20 heavy (non-hydrogen) atoms. The summed E-state index contributed by atoms with van der Waals surface area (Å²) in [5.74, 6) is 0.633. The Bertz CT molecular complexity index is 729. The summed E-state index contributed by atoms with van der Waals surface area (Å²) in [4.78, 5) is 0.0754. The minimum atomic E-state index is -3.70. The van der Waals surface area contributed by atoms with E-state index < -0.39 is 9.05 Å². The zero-order chi connectivity index (χ0) is 14.8. The molecule has 2 aromatic carbocycles. The van der Waals surface area contributed by atoms with Crippen molar-refractivity contribution in [2.24, 2.45) is 0 Å². The van der Waals surface area contributed by atoms with E-state index in [1.165, 1.54) is 12.1 Å². The predicted molar refractivity (Wildman–Crippen MR) is 82.7 cm³/mol. The highest BCUT2D eigenvalue weighted by molar-refractivity contribution is 9.10. The van der Waals surface area contributed by atoms with Crippen LogP contribution in [0.1, 0.15) is 11.1 Å². The van der Waals surface area contributed by atoms with Crippen molar-refractivity contribution < 1.29 is 13.2 Å². The summed E-state index contributed by atoms with van der Waals surface area (Å²) in [6.45, 7) is 2.19. The van der Waals surface area contributed by atoms with Crippen molar-refractivity contribution in [2.45, 2.75) is 18.4 Å². The van der Waals surface area contributed by atoms with Gasteiger partial charge in [0.2, 0.25) is 0 Å². The third kappa shape index (κ3) is 3.98. The first-order valence-electron chi connectivity index (χ1n) is 5.79. The molecule has 0 spiro atoms. The minimum absolute atomic E-state index is 0.0754. The van der Waals surface area contributed by atoms with Crippen LogP contribution in [-0.4, -0.2) is 8.42 Å². The lowest BCUT2D eigenvalue weighted by atomic mass is 10.2. The number of rotatable bonds is 4. The van der Waals surface area contributed by atoms with Crippen LogP contribution in [0.2, 0.25) is 0 Å². The number of benzene rings is 2. The first-order chi connectivity index (χ1) is 9.36. The van der Waals surface area contributed by atoms with E-state index in [9.17, 15) is 8.42 Å². The molecule has 3 nitrogen and oxygen atoms in total. The molecule has 106 valence electrons. The van der Waals surface area contributed by atoms with Gasteiger partial charge >= 0.3 is 0 Å². The van der Waals surface area contributed by atoms with E-state index in [4.69, 9.17) is 15.4 Å². The number of aryl methyl sites for hydroxylation is 1. The number of ether oxygens (including phenoxy) is 1. The van der Waals surface area contributed by atoms with Crippen molar-refractivity contribution in [1.29, 1.82) is 0 Å². The molecule has 0 heterocycles. The maximum absolute atomic E-state index is 11.2. The first-order valence-corrected chi connectivity index (χ1v) is 8.89. The zero-order valence-electron chi connectivity index (χ0n) is 10.6. The molecule has 0 N–H and O–H groups in total. The monoisotopic (exact) mass is 374 g/mol. The largest absolute Gasteiger partial charge is 0.489 e. The maximum atomic E-state index is 11.2. The molecule has 0 bridgehead atoms. The van der Waals surface area contributed by atoms with Crippen LogP contribution in [0.15, 0.2) is 51.8 Å². The van der Waals surface area contributed by atoms with Gasteiger partial charge in [0, 0.05) is 15.2 Å². The summed E-state index contributed by atoms with van der Waals surface area (Å²) < 4.78 is 29.1. The zero-order valence-corrected chi connectivity index (χ0v) is 13.8. The molecule has 0 aliphatic carbocycles. The Hall–Kier alpha value is -1.04. The molecule has 0 aliphatic rings. The smallest absolute Gasteiger partial charge is 0.261 e. The second kappa shape index (κ2) is 6.16. The van der Waals surface area contributed by atoms with Gasteiger partial charge in [-0.3, -0.25) is 0 Å². The van der Waals surface area contributed by atoms with Crippen molar-refractivity contribution in [2.75, 3.05) is 0 Å². The molecule has 0 radical (unpaired) electrons. The van der Waals surface area contributed by atoms with Crippen LogP contribution in [0.5, 0.6) is 5.75 Å². The van der Waals surface area contributed by atoms with E-state index in [0.29, 0.717) is 12.4 Å². The first kappa shape index (κ1) is 15.4. The van der Waals surface area contributed by atoms with E-state index in [-0.39, 0.29) is 4.90 Å². The Morgan fingerprint density at radius 2 is 1.95 bits per heavy atom. The quantitative estimate of drug-likeness (QED) is 0.750. The fourth-order valence-electron chi connectivity index (χ4n) is 1.72. The van der Waals surface area contributed by atoms with Crippen molar-refractivity contribution in [3.8, 4) is 5.75 Å². The summed E-state index contributed by atoms with van der Waals surface area (Å²) in [6, 6.07) is 12.3. The Kier molecular flexibility index (Phi) is 4.73. The Morgan fingerprint density at radius 1 is 1.20 bits per heavy atom. The number of halogens is 2. The summed E-state index contributed by atoms with van der Waals surface area (Å²) in [7, 11) is 1.60. The van der Waals surface area contributed by atoms with E-state index in [0.717, 1.165) is 15.6 Å². The lowest BCUT2D eigenvalue weighted by Gasteiger charge is -2.10. The van der Waals surface area contributed by atoms with E-state index in [2.05, 4.69) is 15.9 Å². The molecular formula is C14H12BrClO3S. The van der Waals surface area contributed by atoms with Crippen LogP contribution in [0, 0.1) is 6.92 Å². The third-order valence-corrected chi connectivity index (χ3v) is 4.56. The van der Waals surface area contributed by atoms with Crippen LogP contribution >= 0.6 is 26.6 Å². The molecule has 0 saturated heterocycles. The molecular weight excluding hydrogens is 364 g/mol. The van der Waals surface area contributed by atoms with Gasteiger partial charge in [-0.2, -0.15) is 0 Å². The Labute approximate surface area is 131 Å². The molecule has 2 aromatic rings. The van der Waals surface area contributed by atoms with Gasteiger partial charge in [0.15, 0.2) is 0 Å². The van der Waals surface area contributed by atoms with Crippen LogP contribution in [0.25, 0.3) is 0 Å². The molecule has 0 saturated carbocycles. The molecule has 0 amide bonds. The van der Waals surface area contributed by atoms with E-state index >= 15 is 0 Å². The molecule has 0 atom stereocenters. The van der Waals surface area contributed by atoms with Gasteiger partial charge in [0.25, 0.3) is 9.05 Å². The van der Waals surface area contributed by atoms with Crippen molar-refractivity contribution in [1.82, 2.24) is 0 Å². The normalized spacial score (nSPS) is 11.3. The minimum Gasteiger partial charge on any atom is -0.489 e. The van der Waals surface area contributed by atoms with E-state index in [1.807, 2.05) is 24.3 Å². The average molecular weight is 376 g/mol.